The van der Waals surface area contributed by atoms with E-state index in [1.54, 1.807) is 25.1 Å². The standard InChI is InChI=1S/C17H24F2N2O2/c1-11(13-7-3-5-9-15(13)23-17(18)19)21-16(22)10-12-6-2-4-8-14(12)20/h3,5,7,9,11-12,14,17H,2,4,6,8,10,20H2,1H3,(H,21,22). The van der Waals surface area contributed by atoms with Crippen molar-refractivity contribution in [1.82, 2.24) is 5.32 Å². The topological polar surface area (TPSA) is 64.4 Å². The van der Waals surface area contributed by atoms with E-state index >= 15 is 0 Å². The Kier molecular flexibility index (Phi) is 6.33. The van der Waals surface area contributed by atoms with Gasteiger partial charge in [0.2, 0.25) is 5.91 Å². The molecule has 1 saturated carbocycles. The molecule has 23 heavy (non-hydrogen) atoms. The van der Waals surface area contributed by atoms with E-state index in [4.69, 9.17) is 5.73 Å². The number of ether oxygens (including phenoxy) is 1. The predicted octanol–water partition coefficient (Wildman–Crippen LogP) is 3.37. The van der Waals surface area contributed by atoms with Crippen molar-refractivity contribution in [3.8, 4) is 5.75 Å². The highest BCUT2D eigenvalue weighted by molar-refractivity contribution is 5.76. The minimum absolute atomic E-state index is 0.0688. The van der Waals surface area contributed by atoms with Gasteiger partial charge >= 0.3 is 6.61 Å². The summed E-state index contributed by atoms with van der Waals surface area (Å²) in [4.78, 5) is 12.2. The molecule has 128 valence electrons. The van der Waals surface area contributed by atoms with Gasteiger partial charge in [0.1, 0.15) is 5.75 Å². The van der Waals surface area contributed by atoms with Crippen LogP contribution in [0.15, 0.2) is 24.3 Å². The molecule has 0 heterocycles. The molecule has 1 aromatic carbocycles. The van der Waals surface area contributed by atoms with Crippen LogP contribution in [0, 0.1) is 5.92 Å². The van der Waals surface area contributed by atoms with Crippen LogP contribution in [0.3, 0.4) is 0 Å². The smallest absolute Gasteiger partial charge is 0.387 e. The van der Waals surface area contributed by atoms with Crippen LogP contribution in [0.25, 0.3) is 0 Å². The summed E-state index contributed by atoms with van der Waals surface area (Å²) in [7, 11) is 0. The summed E-state index contributed by atoms with van der Waals surface area (Å²) >= 11 is 0. The van der Waals surface area contributed by atoms with Crippen molar-refractivity contribution in [2.45, 2.75) is 57.7 Å². The maximum atomic E-state index is 12.5. The van der Waals surface area contributed by atoms with E-state index in [-0.39, 0.29) is 23.6 Å². The first kappa shape index (κ1) is 17.7. The van der Waals surface area contributed by atoms with Crippen LogP contribution in [0.1, 0.15) is 50.6 Å². The number of rotatable bonds is 6. The van der Waals surface area contributed by atoms with E-state index < -0.39 is 12.7 Å². The fourth-order valence-corrected chi connectivity index (χ4v) is 3.15. The molecule has 2 rings (SSSR count). The van der Waals surface area contributed by atoms with Crippen LogP contribution in [0.5, 0.6) is 5.75 Å². The van der Waals surface area contributed by atoms with Gasteiger partial charge < -0.3 is 15.8 Å². The Morgan fingerprint density at radius 2 is 2.04 bits per heavy atom. The van der Waals surface area contributed by atoms with Gasteiger partial charge in [-0.25, -0.2) is 0 Å². The van der Waals surface area contributed by atoms with Crippen molar-refractivity contribution < 1.29 is 18.3 Å². The van der Waals surface area contributed by atoms with Crippen molar-refractivity contribution in [2.24, 2.45) is 11.7 Å². The summed E-state index contributed by atoms with van der Waals surface area (Å²) in [6, 6.07) is 6.16. The molecular formula is C17H24F2N2O2. The van der Waals surface area contributed by atoms with Gasteiger partial charge in [-0.1, -0.05) is 31.0 Å². The molecule has 0 aliphatic heterocycles. The van der Waals surface area contributed by atoms with Crippen molar-refractivity contribution in [3.05, 3.63) is 29.8 Å². The van der Waals surface area contributed by atoms with E-state index in [1.807, 2.05) is 0 Å². The van der Waals surface area contributed by atoms with Crippen LogP contribution in [0.4, 0.5) is 8.78 Å². The van der Waals surface area contributed by atoms with E-state index in [0.717, 1.165) is 25.7 Å². The Morgan fingerprint density at radius 3 is 2.74 bits per heavy atom. The second-order valence-electron chi connectivity index (χ2n) is 6.12. The molecule has 1 fully saturated rings. The number of hydrogen-bond acceptors (Lipinski definition) is 3. The van der Waals surface area contributed by atoms with Gasteiger partial charge in [-0.2, -0.15) is 8.78 Å². The molecule has 1 aliphatic carbocycles. The molecule has 0 bridgehead atoms. The Morgan fingerprint density at radius 1 is 1.35 bits per heavy atom. The van der Waals surface area contributed by atoms with Crippen molar-refractivity contribution in [2.75, 3.05) is 0 Å². The third-order valence-electron chi connectivity index (χ3n) is 4.39. The van der Waals surface area contributed by atoms with Crippen molar-refractivity contribution in [3.63, 3.8) is 0 Å². The quantitative estimate of drug-likeness (QED) is 0.842. The first-order chi connectivity index (χ1) is 11.0. The predicted molar refractivity (Wildman–Crippen MR) is 84.2 cm³/mol. The molecule has 6 heteroatoms. The number of nitrogens with one attached hydrogen (secondary N) is 1. The largest absolute Gasteiger partial charge is 0.434 e. The summed E-state index contributed by atoms with van der Waals surface area (Å²) in [5, 5.41) is 2.86. The molecule has 0 spiro atoms. The van der Waals surface area contributed by atoms with Crippen LogP contribution in [-0.4, -0.2) is 18.6 Å². The average molecular weight is 326 g/mol. The fourth-order valence-electron chi connectivity index (χ4n) is 3.15. The maximum absolute atomic E-state index is 12.5. The SMILES string of the molecule is CC(NC(=O)CC1CCCCC1N)c1ccccc1OC(F)F. The third kappa shape index (κ3) is 5.16. The number of carbonyl (C=O) groups is 1. The lowest BCUT2D eigenvalue weighted by Gasteiger charge is -2.28. The summed E-state index contributed by atoms with van der Waals surface area (Å²) in [5.74, 6) is 0.180. The zero-order valence-corrected chi connectivity index (χ0v) is 13.3. The Labute approximate surface area is 135 Å². The highest BCUT2D eigenvalue weighted by Crippen LogP contribution is 2.28. The number of para-hydroxylation sites is 1. The molecule has 3 atom stereocenters. The van der Waals surface area contributed by atoms with Crippen LogP contribution >= 0.6 is 0 Å². The zero-order chi connectivity index (χ0) is 16.8. The van der Waals surface area contributed by atoms with E-state index in [0.29, 0.717) is 12.0 Å². The number of nitrogens with two attached hydrogens (primary N) is 1. The van der Waals surface area contributed by atoms with Gasteiger partial charge in [0, 0.05) is 18.0 Å². The van der Waals surface area contributed by atoms with Crippen LogP contribution in [0.2, 0.25) is 0 Å². The molecule has 3 unspecified atom stereocenters. The molecule has 4 nitrogen and oxygen atoms in total. The van der Waals surface area contributed by atoms with Crippen LogP contribution < -0.4 is 15.8 Å². The first-order valence-electron chi connectivity index (χ1n) is 8.06. The Balaban J connectivity index is 1.95. The third-order valence-corrected chi connectivity index (χ3v) is 4.39. The molecule has 0 aromatic heterocycles. The highest BCUT2D eigenvalue weighted by atomic mass is 19.3. The first-order valence-corrected chi connectivity index (χ1v) is 8.06. The van der Waals surface area contributed by atoms with Crippen LogP contribution in [-0.2, 0) is 4.79 Å². The molecule has 0 radical (unpaired) electrons. The van der Waals surface area contributed by atoms with E-state index in [2.05, 4.69) is 10.1 Å². The average Bonchev–Trinajstić information content (AvgIpc) is 2.49. The second-order valence-corrected chi connectivity index (χ2v) is 6.12. The van der Waals surface area contributed by atoms with Gasteiger partial charge in [0.25, 0.3) is 0 Å². The number of amides is 1. The van der Waals surface area contributed by atoms with Gasteiger partial charge in [-0.15, -0.1) is 0 Å². The summed E-state index contributed by atoms with van der Waals surface area (Å²) in [6.45, 7) is -1.13. The van der Waals surface area contributed by atoms with E-state index in [1.165, 1.54) is 6.07 Å². The van der Waals surface area contributed by atoms with Crippen molar-refractivity contribution >= 4 is 5.91 Å². The highest BCUT2D eigenvalue weighted by Gasteiger charge is 2.25. The lowest BCUT2D eigenvalue weighted by molar-refractivity contribution is -0.123. The fraction of sp³-hybridized carbons (Fsp3) is 0.588. The monoisotopic (exact) mass is 326 g/mol. The molecule has 0 saturated heterocycles. The number of halogens is 2. The second kappa shape index (κ2) is 8.24. The molecule has 1 aromatic rings. The lowest BCUT2D eigenvalue weighted by Crippen LogP contribution is -2.37. The van der Waals surface area contributed by atoms with Gasteiger partial charge in [-0.3, -0.25) is 4.79 Å². The number of carbonyl (C=O) groups excluding carboxylic acids is 1. The summed E-state index contributed by atoms with van der Waals surface area (Å²) < 4.78 is 29.4. The minimum atomic E-state index is -2.89. The number of benzene rings is 1. The van der Waals surface area contributed by atoms with Gasteiger partial charge in [0.15, 0.2) is 0 Å². The normalized spacial score (nSPS) is 22.7. The Bertz CT molecular complexity index is 525. The number of alkyl halides is 2. The molecular weight excluding hydrogens is 302 g/mol. The van der Waals surface area contributed by atoms with Gasteiger partial charge in [-0.05, 0) is 31.7 Å². The molecule has 3 N–H and O–H groups in total. The zero-order valence-electron chi connectivity index (χ0n) is 13.3. The number of hydrogen-bond donors (Lipinski definition) is 2. The summed E-state index contributed by atoms with van der Waals surface area (Å²) in [6.07, 6.45) is 4.52. The molecule has 1 aliphatic rings. The molecule has 1 amide bonds. The van der Waals surface area contributed by atoms with E-state index in [9.17, 15) is 13.6 Å². The van der Waals surface area contributed by atoms with Gasteiger partial charge in [0.05, 0.1) is 6.04 Å². The lowest BCUT2D eigenvalue weighted by atomic mass is 9.83. The van der Waals surface area contributed by atoms with Crippen molar-refractivity contribution in [1.29, 1.82) is 0 Å². The maximum Gasteiger partial charge on any atom is 0.387 e. The minimum Gasteiger partial charge on any atom is -0.434 e. The summed E-state index contributed by atoms with van der Waals surface area (Å²) in [5.41, 5.74) is 6.60. The Hall–Kier alpha value is -1.69.